The third-order valence-corrected chi connectivity index (χ3v) is 3.48. The molecule has 4 nitrogen and oxygen atoms in total. The molecule has 0 saturated heterocycles. The molecule has 0 atom stereocenters. The molecule has 5 heteroatoms. The molecule has 3 rings (SSSR count). The van der Waals surface area contributed by atoms with E-state index in [2.05, 4.69) is 20.6 Å². The van der Waals surface area contributed by atoms with E-state index in [9.17, 15) is 0 Å². The molecule has 90 valence electrons. The molecule has 2 N–H and O–H groups in total. The normalized spacial score (nSPS) is 10.5. The first-order valence-corrected chi connectivity index (χ1v) is 6.50. The summed E-state index contributed by atoms with van der Waals surface area (Å²) < 4.78 is 1.08. The summed E-state index contributed by atoms with van der Waals surface area (Å²) >= 11 is 1.64. The van der Waals surface area contributed by atoms with E-state index >= 15 is 0 Å². The molecule has 0 amide bonds. The SMILES string of the molecule is CNc1nc(Nc2ccccc2)nc2ccsc12. The molecular weight excluding hydrogens is 244 g/mol. The first-order chi connectivity index (χ1) is 8.86. The van der Waals surface area contributed by atoms with Gasteiger partial charge in [0.1, 0.15) is 5.82 Å². The molecule has 0 fully saturated rings. The highest BCUT2D eigenvalue weighted by Gasteiger charge is 2.07. The van der Waals surface area contributed by atoms with Gasteiger partial charge in [-0.1, -0.05) is 18.2 Å². The molecule has 3 aromatic rings. The summed E-state index contributed by atoms with van der Waals surface area (Å²) in [6.07, 6.45) is 0. The smallest absolute Gasteiger partial charge is 0.229 e. The number of anilines is 3. The molecule has 0 radical (unpaired) electrons. The average molecular weight is 256 g/mol. The number of nitrogens with zero attached hydrogens (tertiary/aromatic N) is 2. The molecule has 1 aromatic carbocycles. The third-order valence-electron chi connectivity index (χ3n) is 2.57. The van der Waals surface area contributed by atoms with Crippen molar-refractivity contribution in [3.63, 3.8) is 0 Å². The number of para-hydroxylation sites is 1. The van der Waals surface area contributed by atoms with Gasteiger partial charge in [-0.2, -0.15) is 4.98 Å². The second kappa shape index (κ2) is 4.62. The molecule has 0 saturated carbocycles. The van der Waals surface area contributed by atoms with Gasteiger partial charge in [0.05, 0.1) is 10.2 Å². The largest absolute Gasteiger partial charge is 0.372 e. The number of hydrogen-bond acceptors (Lipinski definition) is 5. The van der Waals surface area contributed by atoms with Crippen LogP contribution in [0.1, 0.15) is 0 Å². The Hall–Kier alpha value is -2.14. The van der Waals surface area contributed by atoms with Crippen LogP contribution in [0.3, 0.4) is 0 Å². The minimum Gasteiger partial charge on any atom is -0.372 e. The molecule has 0 aliphatic carbocycles. The van der Waals surface area contributed by atoms with Gasteiger partial charge in [-0.3, -0.25) is 0 Å². The van der Waals surface area contributed by atoms with Gasteiger partial charge in [-0.05, 0) is 23.6 Å². The van der Waals surface area contributed by atoms with Crippen LogP contribution in [0.4, 0.5) is 17.5 Å². The lowest BCUT2D eigenvalue weighted by atomic mass is 10.3. The topological polar surface area (TPSA) is 49.8 Å². The van der Waals surface area contributed by atoms with Crippen LogP contribution in [0, 0.1) is 0 Å². The maximum absolute atomic E-state index is 4.49. The van der Waals surface area contributed by atoms with E-state index in [0.717, 1.165) is 21.7 Å². The summed E-state index contributed by atoms with van der Waals surface area (Å²) in [5.74, 6) is 1.46. The van der Waals surface area contributed by atoms with Crippen molar-refractivity contribution in [2.75, 3.05) is 17.7 Å². The van der Waals surface area contributed by atoms with E-state index in [-0.39, 0.29) is 0 Å². The lowest BCUT2D eigenvalue weighted by molar-refractivity contribution is 1.21. The van der Waals surface area contributed by atoms with E-state index in [4.69, 9.17) is 0 Å². The van der Waals surface area contributed by atoms with Crippen molar-refractivity contribution in [3.05, 3.63) is 41.8 Å². The highest BCUT2D eigenvalue weighted by atomic mass is 32.1. The number of benzene rings is 1. The lowest BCUT2D eigenvalue weighted by Gasteiger charge is -2.07. The van der Waals surface area contributed by atoms with E-state index in [0.29, 0.717) is 5.95 Å². The zero-order chi connectivity index (χ0) is 12.4. The molecule has 18 heavy (non-hydrogen) atoms. The number of fused-ring (bicyclic) bond motifs is 1. The summed E-state index contributed by atoms with van der Waals surface area (Å²) in [6, 6.07) is 11.9. The van der Waals surface area contributed by atoms with Gasteiger partial charge < -0.3 is 10.6 Å². The highest BCUT2D eigenvalue weighted by molar-refractivity contribution is 7.17. The zero-order valence-electron chi connectivity index (χ0n) is 9.84. The second-order valence-electron chi connectivity index (χ2n) is 3.77. The van der Waals surface area contributed by atoms with Crippen molar-refractivity contribution >= 4 is 39.0 Å². The van der Waals surface area contributed by atoms with Crippen LogP contribution < -0.4 is 10.6 Å². The Labute approximate surface area is 109 Å². The first kappa shape index (κ1) is 11.0. The van der Waals surface area contributed by atoms with Gasteiger partial charge in [0.2, 0.25) is 5.95 Å². The monoisotopic (exact) mass is 256 g/mol. The fourth-order valence-electron chi connectivity index (χ4n) is 1.74. The van der Waals surface area contributed by atoms with Crippen molar-refractivity contribution in [1.29, 1.82) is 0 Å². The Kier molecular flexibility index (Phi) is 2.82. The van der Waals surface area contributed by atoms with Crippen LogP contribution >= 0.6 is 11.3 Å². The molecule has 0 unspecified atom stereocenters. The molecule has 0 aliphatic heterocycles. The average Bonchev–Trinajstić information content (AvgIpc) is 2.87. The predicted molar refractivity (Wildman–Crippen MR) is 76.7 cm³/mol. The Bertz CT molecular complexity index is 663. The fraction of sp³-hybridized carbons (Fsp3) is 0.0769. The van der Waals surface area contributed by atoms with Crippen molar-refractivity contribution in [2.45, 2.75) is 0 Å². The van der Waals surface area contributed by atoms with Gasteiger partial charge >= 0.3 is 0 Å². The standard InChI is InChI=1S/C13H12N4S/c1-14-12-11-10(7-8-18-11)16-13(17-12)15-9-5-3-2-4-6-9/h2-8H,1H3,(H2,14,15,16,17). The van der Waals surface area contributed by atoms with Crippen LogP contribution in [-0.2, 0) is 0 Å². The van der Waals surface area contributed by atoms with Gasteiger partial charge in [-0.25, -0.2) is 4.98 Å². The maximum atomic E-state index is 4.49. The van der Waals surface area contributed by atoms with Gasteiger partial charge in [0.15, 0.2) is 0 Å². The van der Waals surface area contributed by atoms with Gasteiger partial charge in [0, 0.05) is 12.7 Å². The van der Waals surface area contributed by atoms with E-state index in [1.54, 1.807) is 11.3 Å². The zero-order valence-corrected chi connectivity index (χ0v) is 10.7. The van der Waals surface area contributed by atoms with Crippen molar-refractivity contribution in [1.82, 2.24) is 9.97 Å². The highest BCUT2D eigenvalue weighted by Crippen LogP contribution is 2.27. The Morgan fingerprint density at radius 1 is 1.06 bits per heavy atom. The maximum Gasteiger partial charge on any atom is 0.229 e. The fourth-order valence-corrected chi connectivity index (χ4v) is 2.57. The van der Waals surface area contributed by atoms with Gasteiger partial charge in [0.25, 0.3) is 0 Å². The molecular formula is C13H12N4S. The summed E-state index contributed by atoms with van der Waals surface area (Å²) in [7, 11) is 1.87. The number of nitrogens with one attached hydrogen (secondary N) is 2. The van der Waals surface area contributed by atoms with E-state index < -0.39 is 0 Å². The minimum absolute atomic E-state index is 0.608. The summed E-state index contributed by atoms with van der Waals surface area (Å²) in [5, 5.41) is 8.32. The third kappa shape index (κ3) is 2.00. The number of thiophene rings is 1. The van der Waals surface area contributed by atoms with Gasteiger partial charge in [-0.15, -0.1) is 11.3 Å². The molecule has 0 bridgehead atoms. The lowest BCUT2D eigenvalue weighted by Crippen LogP contribution is -2.00. The van der Waals surface area contributed by atoms with Crippen molar-refractivity contribution in [2.24, 2.45) is 0 Å². The summed E-state index contributed by atoms with van der Waals surface area (Å²) in [5.41, 5.74) is 1.94. The van der Waals surface area contributed by atoms with E-state index in [1.165, 1.54) is 0 Å². The second-order valence-corrected chi connectivity index (χ2v) is 4.69. The number of rotatable bonds is 3. The minimum atomic E-state index is 0.608. The quantitative estimate of drug-likeness (QED) is 0.753. The molecule has 0 aliphatic rings. The number of aromatic nitrogens is 2. The van der Waals surface area contributed by atoms with Crippen LogP contribution in [0.2, 0.25) is 0 Å². The Morgan fingerprint density at radius 3 is 2.67 bits per heavy atom. The van der Waals surface area contributed by atoms with Crippen LogP contribution in [0.25, 0.3) is 10.2 Å². The van der Waals surface area contributed by atoms with Crippen LogP contribution in [0.15, 0.2) is 41.8 Å². The molecule has 2 heterocycles. The van der Waals surface area contributed by atoms with Crippen molar-refractivity contribution in [3.8, 4) is 0 Å². The van der Waals surface area contributed by atoms with Crippen molar-refractivity contribution < 1.29 is 0 Å². The summed E-state index contributed by atoms with van der Waals surface area (Å²) in [4.78, 5) is 8.95. The van der Waals surface area contributed by atoms with Crippen LogP contribution in [-0.4, -0.2) is 17.0 Å². The van der Waals surface area contributed by atoms with E-state index in [1.807, 2.05) is 48.8 Å². The summed E-state index contributed by atoms with van der Waals surface area (Å²) in [6.45, 7) is 0. The molecule has 2 aromatic heterocycles. The Morgan fingerprint density at radius 2 is 1.89 bits per heavy atom. The Balaban J connectivity index is 2.02. The van der Waals surface area contributed by atoms with Crippen LogP contribution in [0.5, 0.6) is 0 Å². The first-order valence-electron chi connectivity index (χ1n) is 5.62. The number of hydrogen-bond donors (Lipinski definition) is 2. The predicted octanol–water partition coefficient (Wildman–Crippen LogP) is 3.48. The molecule has 0 spiro atoms.